The Labute approximate surface area is 214 Å². The number of benzene rings is 2. The van der Waals surface area contributed by atoms with E-state index in [9.17, 15) is 14.0 Å². The number of nitrogens with one attached hydrogen (secondary N) is 1. The van der Waals surface area contributed by atoms with Crippen molar-refractivity contribution in [1.29, 1.82) is 0 Å². The molecule has 36 heavy (non-hydrogen) atoms. The molecular weight excluding hydrogens is 455 g/mol. The molecule has 0 aromatic heterocycles. The highest BCUT2D eigenvalue weighted by atomic mass is 19.1. The molecule has 2 aliphatic rings. The summed E-state index contributed by atoms with van der Waals surface area (Å²) in [6, 6.07) is 14.6. The number of amides is 2. The Balaban J connectivity index is 1.25. The van der Waals surface area contributed by atoms with Gasteiger partial charge in [-0.1, -0.05) is 12.1 Å². The number of carbonyl (C=O) groups is 2. The molecule has 1 N–H and O–H groups in total. The molecule has 194 valence electrons. The zero-order valence-electron chi connectivity index (χ0n) is 21.6. The van der Waals surface area contributed by atoms with E-state index in [1.807, 2.05) is 17.0 Å². The van der Waals surface area contributed by atoms with E-state index >= 15 is 0 Å². The Morgan fingerprint density at radius 1 is 1.00 bits per heavy atom. The van der Waals surface area contributed by atoms with Gasteiger partial charge in [-0.2, -0.15) is 0 Å². The van der Waals surface area contributed by atoms with E-state index in [1.165, 1.54) is 12.1 Å². The van der Waals surface area contributed by atoms with Crippen LogP contribution in [0.1, 0.15) is 45.1 Å². The van der Waals surface area contributed by atoms with Crippen LogP contribution in [0.3, 0.4) is 0 Å². The predicted molar refractivity (Wildman–Crippen MR) is 143 cm³/mol. The van der Waals surface area contributed by atoms with Crippen molar-refractivity contribution in [3.8, 4) is 0 Å². The highest BCUT2D eigenvalue weighted by molar-refractivity contribution is 5.92. The van der Waals surface area contributed by atoms with Gasteiger partial charge in [-0.25, -0.2) is 4.39 Å². The van der Waals surface area contributed by atoms with Gasteiger partial charge in [-0.15, -0.1) is 0 Å². The normalized spacial score (nSPS) is 19.2. The van der Waals surface area contributed by atoms with Crippen molar-refractivity contribution in [3.63, 3.8) is 0 Å². The van der Waals surface area contributed by atoms with Crippen LogP contribution in [-0.2, 0) is 16.0 Å². The minimum Gasteiger partial charge on any atom is -0.371 e. The first kappa shape index (κ1) is 26.1. The average molecular weight is 495 g/mol. The second-order valence-electron chi connectivity index (χ2n) is 9.96. The fourth-order valence-electron chi connectivity index (χ4n) is 5.62. The van der Waals surface area contributed by atoms with Gasteiger partial charge < -0.3 is 15.1 Å². The van der Waals surface area contributed by atoms with Gasteiger partial charge in [0.15, 0.2) is 0 Å². The summed E-state index contributed by atoms with van der Waals surface area (Å²) in [4.78, 5) is 32.1. The van der Waals surface area contributed by atoms with Crippen molar-refractivity contribution in [1.82, 2.24) is 9.80 Å². The molecule has 4 rings (SSSR count). The molecule has 2 aliphatic heterocycles. The van der Waals surface area contributed by atoms with E-state index in [1.54, 1.807) is 12.1 Å². The van der Waals surface area contributed by atoms with Gasteiger partial charge in [0.05, 0.1) is 12.3 Å². The first-order valence-corrected chi connectivity index (χ1v) is 13.4. The van der Waals surface area contributed by atoms with E-state index in [4.69, 9.17) is 0 Å². The van der Waals surface area contributed by atoms with Gasteiger partial charge in [0.2, 0.25) is 11.8 Å². The summed E-state index contributed by atoms with van der Waals surface area (Å²) in [5, 5.41) is 2.90. The largest absolute Gasteiger partial charge is 0.371 e. The molecule has 0 saturated carbocycles. The van der Waals surface area contributed by atoms with Gasteiger partial charge in [-0.3, -0.25) is 14.5 Å². The van der Waals surface area contributed by atoms with Gasteiger partial charge in [0.1, 0.15) is 5.82 Å². The molecule has 2 aromatic rings. The van der Waals surface area contributed by atoms with Crippen LogP contribution in [0, 0.1) is 11.7 Å². The Bertz CT molecular complexity index is 1020. The molecular formula is C29H39FN4O2. The third kappa shape index (κ3) is 6.64. The third-order valence-electron chi connectivity index (χ3n) is 7.63. The Morgan fingerprint density at radius 2 is 1.72 bits per heavy atom. The van der Waals surface area contributed by atoms with Gasteiger partial charge in [-0.05, 0) is 88.0 Å². The fraction of sp³-hybridized carbons (Fsp3) is 0.517. The molecule has 2 fully saturated rings. The minimum absolute atomic E-state index is 0.139. The number of hydrogen-bond donors (Lipinski definition) is 1. The van der Waals surface area contributed by atoms with E-state index in [0.29, 0.717) is 17.5 Å². The molecule has 6 nitrogen and oxygen atoms in total. The van der Waals surface area contributed by atoms with E-state index in [2.05, 4.69) is 41.1 Å². The lowest BCUT2D eigenvalue weighted by molar-refractivity contribution is -0.137. The fourth-order valence-corrected chi connectivity index (χ4v) is 5.62. The number of carbonyl (C=O) groups excluding carboxylic acids is 2. The highest BCUT2D eigenvalue weighted by Crippen LogP contribution is 2.28. The van der Waals surface area contributed by atoms with Gasteiger partial charge in [0, 0.05) is 50.1 Å². The molecule has 2 amide bonds. The lowest BCUT2D eigenvalue weighted by Gasteiger charge is -2.43. The molecule has 0 spiro atoms. The van der Waals surface area contributed by atoms with E-state index in [-0.39, 0.29) is 24.1 Å². The molecule has 2 heterocycles. The summed E-state index contributed by atoms with van der Waals surface area (Å²) in [7, 11) is 0. The second-order valence-corrected chi connectivity index (χ2v) is 9.96. The summed E-state index contributed by atoms with van der Waals surface area (Å²) in [6.45, 7) is 9.67. The first-order valence-electron chi connectivity index (χ1n) is 13.4. The maximum absolute atomic E-state index is 13.3. The van der Waals surface area contributed by atoms with Crippen LogP contribution in [0.4, 0.5) is 15.8 Å². The lowest BCUT2D eigenvalue weighted by Crippen LogP contribution is -2.51. The smallest absolute Gasteiger partial charge is 0.228 e. The molecule has 1 atom stereocenters. The molecule has 2 aromatic carbocycles. The van der Waals surface area contributed by atoms with Gasteiger partial charge in [0.25, 0.3) is 0 Å². The van der Waals surface area contributed by atoms with Crippen LogP contribution < -0.4 is 10.2 Å². The predicted octanol–water partition coefficient (Wildman–Crippen LogP) is 4.56. The van der Waals surface area contributed by atoms with Crippen molar-refractivity contribution in [2.24, 2.45) is 5.92 Å². The summed E-state index contributed by atoms with van der Waals surface area (Å²) >= 11 is 0. The minimum atomic E-state index is -0.332. The number of nitrogens with zero attached hydrogens (tertiary/aromatic N) is 3. The highest BCUT2D eigenvalue weighted by Gasteiger charge is 2.33. The van der Waals surface area contributed by atoms with Crippen LogP contribution in [0.2, 0.25) is 0 Å². The Hall–Kier alpha value is -2.93. The van der Waals surface area contributed by atoms with Crippen molar-refractivity contribution in [2.75, 3.05) is 49.5 Å². The Kier molecular flexibility index (Phi) is 8.97. The maximum Gasteiger partial charge on any atom is 0.228 e. The van der Waals surface area contributed by atoms with Crippen molar-refractivity contribution in [3.05, 3.63) is 59.9 Å². The maximum atomic E-state index is 13.3. The molecule has 2 saturated heterocycles. The first-order chi connectivity index (χ1) is 17.5. The zero-order valence-corrected chi connectivity index (χ0v) is 21.6. The molecule has 0 bridgehead atoms. The summed E-state index contributed by atoms with van der Waals surface area (Å²) < 4.78 is 13.3. The summed E-state index contributed by atoms with van der Waals surface area (Å²) in [6.07, 6.45) is 4.45. The van der Waals surface area contributed by atoms with Crippen LogP contribution in [-0.4, -0.2) is 66.9 Å². The number of piperidine rings is 2. The van der Waals surface area contributed by atoms with Crippen LogP contribution in [0.15, 0.2) is 48.5 Å². The monoisotopic (exact) mass is 494 g/mol. The SMILES string of the molecule is CCN(CC)C(=O)C1CCCN(C2CCN(c3ccc(NC(=O)Cc4cccc(F)c4)cc3)CC2)C1. The quantitative estimate of drug-likeness (QED) is 0.585. The van der Waals surface area contributed by atoms with Crippen LogP contribution in [0.25, 0.3) is 0 Å². The van der Waals surface area contributed by atoms with E-state index in [0.717, 1.165) is 76.3 Å². The summed E-state index contributed by atoms with van der Waals surface area (Å²) in [5.41, 5.74) is 2.56. The van der Waals surface area contributed by atoms with Crippen molar-refractivity contribution < 1.29 is 14.0 Å². The Morgan fingerprint density at radius 3 is 2.39 bits per heavy atom. The van der Waals surface area contributed by atoms with Gasteiger partial charge >= 0.3 is 0 Å². The number of hydrogen-bond acceptors (Lipinski definition) is 4. The summed E-state index contributed by atoms with van der Waals surface area (Å²) in [5.74, 6) is -0.0271. The number of rotatable bonds is 8. The number of halogens is 1. The van der Waals surface area contributed by atoms with Crippen molar-refractivity contribution >= 4 is 23.2 Å². The van der Waals surface area contributed by atoms with E-state index < -0.39 is 0 Å². The van der Waals surface area contributed by atoms with Crippen molar-refractivity contribution in [2.45, 2.75) is 52.0 Å². The standard InChI is InChI=1S/C29H39FN4O2/c1-3-32(4-2)29(36)23-8-6-16-34(21-23)27-14-17-33(18-15-27)26-12-10-25(11-13-26)31-28(35)20-22-7-5-9-24(30)19-22/h5,7,9-13,19,23,27H,3-4,6,8,14-18,20-21H2,1-2H3,(H,31,35). The third-order valence-corrected chi connectivity index (χ3v) is 7.63. The van der Waals surface area contributed by atoms with Crippen LogP contribution >= 0.6 is 0 Å². The lowest BCUT2D eigenvalue weighted by atomic mass is 9.92. The molecule has 7 heteroatoms. The number of anilines is 2. The zero-order chi connectivity index (χ0) is 25.5. The number of likely N-dealkylation sites (tertiary alicyclic amines) is 1. The topological polar surface area (TPSA) is 55.9 Å². The van der Waals surface area contributed by atoms with Crippen LogP contribution in [0.5, 0.6) is 0 Å². The average Bonchev–Trinajstić information content (AvgIpc) is 2.90. The molecule has 0 aliphatic carbocycles. The molecule has 1 unspecified atom stereocenters. The molecule has 0 radical (unpaired) electrons. The second kappa shape index (κ2) is 12.3.